The average molecular weight is 299 g/mol. The number of ether oxygens (including phenoxy) is 1. The molecule has 0 amide bonds. The normalized spacial score (nSPS) is 10.1. The molecule has 0 aliphatic rings. The highest BCUT2D eigenvalue weighted by Gasteiger charge is 2.05. The standard InChI is InChI=1S/C18H21NOS/c1-3-13-21-18-12-8-6-10-16(18)19-14-15-9-5-7-11-17(15)20-4-2/h3,5-12,19H,1,4,13-14H2,2H3. The SMILES string of the molecule is C=CCSc1ccccc1NCc1ccccc1OCC. The Kier molecular flexibility index (Phi) is 6.22. The molecule has 0 aliphatic heterocycles. The second-order valence-corrected chi connectivity index (χ2v) is 5.55. The number of hydrogen-bond acceptors (Lipinski definition) is 3. The molecule has 0 aromatic heterocycles. The first-order valence-corrected chi connectivity index (χ1v) is 8.11. The van der Waals surface area contributed by atoms with Crippen molar-refractivity contribution < 1.29 is 4.74 Å². The molecule has 0 bridgehead atoms. The van der Waals surface area contributed by atoms with E-state index < -0.39 is 0 Å². The molecular weight excluding hydrogens is 278 g/mol. The molecule has 21 heavy (non-hydrogen) atoms. The predicted octanol–water partition coefficient (Wildman–Crippen LogP) is 4.98. The van der Waals surface area contributed by atoms with Gasteiger partial charge in [0, 0.05) is 28.4 Å². The second kappa shape index (κ2) is 8.42. The number of para-hydroxylation sites is 2. The van der Waals surface area contributed by atoms with Crippen LogP contribution in [0.2, 0.25) is 0 Å². The zero-order valence-corrected chi connectivity index (χ0v) is 13.2. The van der Waals surface area contributed by atoms with Crippen molar-refractivity contribution in [1.82, 2.24) is 0 Å². The summed E-state index contributed by atoms with van der Waals surface area (Å²) in [6.07, 6.45) is 1.92. The highest BCUT2D eigenvalue weighted by Crippen LogP contribution is 2.28. The van der Waals surface area contributed by atoms with Gasteiger partial charge in [0.2, 0.25) is 0 Å². The van der Waals surface area contributed by atoms with E-state index in [0.29, 0.717) is 6.61 Å². The van der Waals surface area contributed by atoms with Crippen molar-refractivity contribution in [1.29, 1.82) is 0 Å². The summed E-state index contributed by atoms with van der Waals surface area (Å²) in [6.45, 7) is 7.21. The van der Waals surface area contributed by atoms with Gasteiger partial charge in [-0.25, -0.2) is 0 Å². The lowest BCUT2D eigenvalue weighted by atomic mass is 10.2. The van der Waals surface area contributed by atoms with Crippen molar-refractivity contribution in [2.75, 3.05) is 17.7 Å². The number of benzene rings is 2. The summed E-state index contributed by atoms with van der Waals surface area (Å²) in [5.74, 6) is 1.86. The molecule has 0 atom stereocenters. The van der Waals surface area contributed by atoms with E-state index in [1.54, 1.807) is 11.8 Å². The zero-order chi connectivity index (χ0) is 14.9. The van der Waals surface area contributed by atoms with Gasteiger partial charge in [0.25, 0.3) is 0 Å². The molecule has 2 aromatic carbocycles. The third kappa shape index (κ3) is 4.57. The number of rotatable bonds is 8. The van der Waals surface area contributed by atoms with Crippen LogP contribution in [-0.4, -0.2) is 12.4 Å². The van der Waals surface area contributed by atoms with E-state index in [0.717, 1.165) is 23.7 Å². The van der Waals surface area contributed by atoms with Crippen LogP contribution in [0.3, 0.4) is 0 Å². The molecule has 0 saturated heterocycles. The van der Waals surface area contributed by atoms with E-state index >= 15 is 0 Å². The minimum atomic E-state index is 0.683. The first-order chi connectivity index (χ1) is 10.3. The Morgan fingerprint density at radius 2 is 1.90 bits per heavy atom. The van der Waals surface area contributed by atoms with Gasteiger partial charge in [-0.15, -0.1) is 18.3 Å². The fourth-order valence-corrected chi connectivity index (χ4v) is 2.79. The first kappa shape index (κ1) is 15.5. The summed E-state index contributed by atoms with van der Waals surface area (Å²) in [6, 6.07) is 16.5. The molecule has 3 heteroatoms. The Morgan fingerprint density at radius 3 is 2.71 bits per heavy atom. The highest BCUT2D eigenvalue weighted by molar-refractivity contribution is 7.99. The second-order valence-electron chi connectivity index (χ2n) is 4.49. The van der Waals surface area contributed by atoms with E-state index in [1.807, 2.05) is 31.2 Å². The summed E-state index contributed by atoms with van der Waals surface area (Å²) in [7, 11) is 0. The van der Waals surface area contributed by atoms with Crippen molar-refractivity contribution in [2.45, 2.75) is 18.4 Å². The predicted molar refractivity (Wildman–Crippen MR) is 92.3 cm³/mol. The maximum atomic E-state index is 5.66. The van der Waals surface area contributed by atoms with Gasteiger partial charge in [-0.05, 0) is 25.1 Å². The molecule has 110 valence electrons. The van der Waals surface area contributed by atoms with Gasteiger partial charge in [-0.3, -0.25) is 0 Å². The van der Waals surface area contributed by atoms with Gasteiger partial charge < -0.3 is 10.1 Å². The molecule has 0 unspecified atom stereocenters. The molecule has 2 aromatic rings. The molecule has 0 radical (unpaired) electrons. The third-order valence-electron chi connectivity index (χ3n) is 2.99. The number of hydrogen-bond donors (Lipinski definition) is 1. The summed E-state index contributed by atoms with van der Waals surface area (Å²) in [4.78, 5) is 1.24. The molecule has 0 saturated carbocycles. The lowest BCUT2D eigenvalue weighted by molar-refractivity contribution is 0.337. The number of thioether (sulfide) groups is 1. The third-order valence-corrected chi connectivity index (χ3v) is 4.05. The largest absolute Gasteiger partial charge is 0.494 e. The smallest absolute Gasteiger partial charge is 0.124 e. The van der Waals surface area contributed by atoms with Crippen LogP contribution in [-0.2, 0) is 6.54 Å². The summed E-state index contributed by atoms with van der Waals surface area (Å²) >= 11 is 1.78. The van der Waals surface area contributed by atoms with Crippen LogP contribution in [0.4, 0.5) is 5.69 Å². The molecule has 2 nitrogen and oxygen atoms in total. The minimum Gasteiger partial charge on any atom is -0.494 e. The molecule has 0 fully saturated rings. The van der Waals surface area contributed by atoms with Crippen molar-refractivity contribution in [3.05, 3.63) is 66.7 Å². The Labute approximate surface area is 131 Å². The van der Waals surface area contributed by atoms with Crippen LogP contribution in [0.15, 0.2) is 66.1 Å². The minimum absolute atomic E-state index is 0.683. The van der Waals surface area contributed by atoms with E-state index in [1.165, 1.54) is 10.5 Å². The Hall–Kier alpha value is -1.87. The van der Waals surface area contributed by atoms with E-state index in [2.05, 4.69) is 42.2 Å². The van der Waals surface area contributed by atoms with E-state index in [4.69, 9.17) is 4.74 Å². The Balaban J connectivity index is 2.08. The fraction of sp³-hybridized carbons (Fsp3) is 0.222. The van der Waals surface area contributed by atoms with Gasteiger partial charge in [-0.2, -0.15) is 0 Å². The van der Waals surface area contributed by atoms with Gasteiger partial charge in [-0.1, -0.05) is 36.4 Å². The summed E-state index contributed by atoms with van der Waals surface area (Å²) < 4.78 is 5.66. The number of nitrogens with one attached hydrogen (secondary N) is 1. The lowest BCUT2D eigenvalue weighted by Crippen LogP contribution is -2.03. The molecule has 1 N–H and O–H groups in total. The van der Waals surface area contributed by atoms with Crippen molar-refractivity contribution in [2.24, 2.45) is 0 Å². The highest BCUT2D eigenvalue weighted by atomic mass is 32.2. The van der Waals surface area contributed by atoms with Crippen LogP contribution in [0.5, 0.6) is 5.75 Å². The fourth-order valence-electron chi connectivity index (χ4n) is 2.02. The van der Waals surface area contributed by atoms with Crippen LogP contribution in [0, 0.1) is 0 Å². The zero-order valence-electron chi connectivity index (χ0n) is 12.3. The van der Waals surface area contributed by atoms with Gasteiger partial charge in [0.15, 0.2) is 0 Å². The van der Waals surface area contributed by atoms with E-state index in [9.17, 15) is 0 Å². The van der Waals surface area contributed by atoms with Crippen molar-refractivity contribution in [3.8, 4) is 5.75 Å². The van der Waals surface area contributed by atoms with Crippen LogP contribution in [0.1, 0.15) is 12.5 Å². The van der Waals surface area contributed by atoms with Crippen LogP contribution in [0.25, 0.3) is 0 Å². The molecule has 0 heterocycles. The first-order valence-electron chi connectivity index (χ1n) is 7.12. The van der Waals surface area contributed by atoms with Gasteiger partial charge >= 0.3 is 0 Å². The topological polar surface area (TPSA) is 21.3 Å². The quantitative estimate of drug-likeness (QED) is 0.549. The van der Waals surface area contributed by atoms with E-state index in [-0.39, 0.29) is 0 Å². The Bertz CT molecular complexity index is 583. The Morgan fingerprint density at radius 1 is 1.14 bits per heavy atom. The van der Waals surface area contributed by atoms with Crippen molar-refractivity contribution in [3.63, 3.8) is 0 Å². The molecular formula is C18H21NOS. The lowest BCUT2D eigenvalue weighted by Gasteiger charge is -2.14. The average Bonchev–Trinajstić information content (AvgIpc) is 2.53. The maximum absolute atomic E-state index is 5.66. The van der Waals surface area contributed by atoms with Gasteiger partial charge in [0.05, 0.1) is 6.61 Å². The monoisotopic (exact) mass is 299 g/mol. The maximum Gasteiger partial charge on any atom is 0.124 e. The number of anilines is 1. The molecule has 0 spiro atoms. The summed E-state index contributed by atoms with van der Waals surface area (Å²) in [5, 5.41) is 3.50. The summed E-state index contributed by atoms with van der Waals surface area (Å²) in [5.41, 5.74) is 2.32. The molecule has 0 aliphatic carbocycles. The van der Waals surface area contributed by atoms with Crippen LogP contribution < -0.4 is 10.1 Å². The molecule has 2 rings (SSSR count). The van der Waals surface area contributed by atoms with Crippen LogP contribution >= 0.6 is 11.8 Å². The van der Waals surface area contributed by atoms with Gasteiger partial charge in [0.1, 0.15) is 5.75 Å². The van der Waals surface area contributed by atoms with Crippen molar-refractivity contribution >= 4 is 17.4 Å².